The molecule has 2 aromatic carbocycles. The second-order valence-electron chi connectivity index (χ2n) is 14.0. The number of benzene rings is 2. The minimum atomic E-state index is -0.117. The van der Waals surface area contributed by atoms with E-state index in [1.165, 1.54) is 125 Å². The highest BCUT2D eigenvalue weighted by atomic mass is 16.5. The number of rotatable bonds is 15. The van der Waals surface area contributed by atoms with Crippen molar-refractivity contribution in [2.24, 2.45) is 17.3 Å². The number of aryl methyl sites for hydroxylation is 1. The van der Waals surface area contributed by atoms with Gasteiger partial charge in [0.15, 0.2) is 0 Å². The summed E-state index contributed by atoms with van der Waals surface area (Å²) >= 11 is 0. The highest BCUT2D eigenvalue weighted by molar-refractivity contribution is 5.73. The van der Waals surface area contributed by atoms with Gasteiger partial charge in [0.1, 0.15) is 5.75 Å². The maximum absolute atomic E-state index is 12.2. The molecule has 4 rings (SSSR count). The standard InChI is InChI=1S/C40H60O2/c1-5-7-9-10-12-16-39(41)42-37-24-19-34(20-25-37)38-26-21-35(30-31(38)3)32(4)33-17-22-36(23-18-33)40(27-13-8-6-2)28-14-11-15-29-40/h19-21,24-26,30,32-33,36H,5-18,22-23,27-29H2,1-4H3. The Morgan fingerprint density at radius 2 is 1.50 bits per heavy atom. The predicted molar refractivity (Wildman–Crippen MR) is 179 cm³/mol. The van der Waals surface area contributed by atoms with Gasteiger partial charge in [0.05, 0.1) is 0 Å². The molecule has 2 aliphatic rings. The van der Waals surface area contributed by atoms with Gasteiger partial charge in [-0.2, -0.15) is 0 Å². The van der Waals surface area contributed by atoms with Gasteiger partial charge in [-0.15, -0.1) is 0 Å². The number of esters is 1. The molecule has 42 heavy (non-hydrogen) atoms. The smallest absolute Gasteiger partial charge is 0.311 e. The van der Waals surface area contributed by atoms with E-state index in [1.807, 2.05) is 12.1 Å². The third-order valence-electron chi connectivity index (χ3n) is 11.1. The van der Waals surface area contributed by atoms with Crippen molar-refractivity contribution in [1.82, 2.24) is 0 Å². The Morgan fingerprint density at radius 3 is 2.17 bits per heavy atom. The first-order valence-electron chi connectivity index (χ1n) is 17.9. The molecule has 0 bridgehead atoms. The van der Waals surface area contributed by atoms with Crippen molar-refractivity contribution in [2.45, 2.75) is 156 Å². The molecule has 2 heteroatoms. The summed E-state index contributed by atoms with van der Waals surface area (Å²) < 4.78 is 5.60. The van der Waals surface area contributed by atoms with Crippen LogP contribution in [0.15, 0.2) is 42.5 Å². The van der Waals surface area contributed by atoms with Crippen LogP contribution in [-0.2, 0) is 4.79 Å². The molecule has 0 aliphatic heterocycles. The van der Waals surface area contributed by atoms with Gasteiger partial charge in [0.25, 0.3) is 0 Å². The first-order chi connectivity index (χ1) is 20.5. The summed E-state index contributed by atoms with van der Waals surface area (Å²) in [6.45, 7) is 9.28. The van der Waals surface area contributed by atoms with Crippen molar-refractivity contribution >= 4 is 5.97 Å². The molecule has 1 unspecified atom stereocenters. The van der Waals surface area contributed by atoms with Crippen molar-refractivity contribution in [3.8, 4) is 16.9 Å². The second-order valence-corrected chi connectivity index (χ2v) is 14.0. The lowest BCUT2D eigenvalue weighted by Gasteiger charge is -2.47. The molecule has 0 N–H and O–H groups in total. The van der Waals surface area contributed by atoms with Crippen LogP contribution in [0.5, 0.6) is 5.75 Å². The molecule has 2 aliphatic carbocycles. The fourth-order valence-corrected chi connectivity index (χ4v) is 8.40. The fraction of sp³-hybridized carbons (Fsp3) is 0.675. The lowest BCUT2D eigenvalue weighted by atomic mass is 9.58. The zero-order chi connectivity index (χ0) is 29.8. The van der Waals surface area contributed by atoms with Crippen molar-refractivity contribution in [3.05, 3.63) is 53.6 Å². The van der Waals surface area contributed by atoms with Crippen LogP contribution in [-0.4, -0.2) is 5.97 Å². The maximum atomic E-state index is 12.2. The highest BCUT2D eigenvalue weighted by Gasteiger charge is 2.41. The van der Waals surface area contributed by atoms with E-state index in [0.29, 0.717) is 23.5 Å². The molecular formula is C40H60O2. The van der Waals surface area contributed by atoms with Crippen molar-refractivity contribution < 1.29 is 9.53 Å². The highest BCUT2D eigenvalue weighted by Crippen LogP contribution is 2.53. The van der Waals surface area contributed by atoms with E-state index in [1.54, 1.807) is 0 Å². The van der Waals surface area contributed by atoms with Crippen LogP contribution in [0.4, 0.5) is 0 Å². The van der Waals surface area contributed by atoms with Crippen molar-refractivity contribution in [3.63, 3.8) is 0 Å². The maximum Gasteiger partial charge on any atom is 0.311 e. The zero-order valence-electron chi connectivity index (χ0n) is 27.5. The Bertz CT molecular complexity index is 1070. The number of carbonyl (C=O) groups is 1. The summed E-state index contributed by atoms with van der Waals surface area (Å²) in [6, 6.07) is 15.2. The molecule has 0 radical (unpaired) electrons. The summed E-state index contributed by atoms with van der Waals surface area (Å²) in [5, 5.41) is 0. The minimum Gasteiger partial charge on any atom is -0.427 e. The Kier molecular flexibility index (Phi) is 13.0. The van der Waals surface area contributed by atoms with Gasteiger partial charge in [-0.3, -0.25) is 4.79 Å². The van der Waals surface area contributed by atoms with Crippen LogP contribution < -0.4 is 4.74 Å². The van der Waals surface area contributed by atoms with E-state index in [-0.39, 0.29) is 5.97 Å². The molecular weight excluding hydrogens is 512 g/mol. The SMILES string of the molecule is CCCCCCCC(=O)Oc1ccc(-c2ccc(C(C)C3CCC(C4(CCCCC)CCCCC4)CC3)cc2C)cc1. The molecule has 0 aromatic heterocycles. The van der Waals surface area contributed by atoms with Crippen LogP contribution >= 0.6 is 0 Å². The van der Waals surface area contributed by atoms with Crippen LogP contribution in [0, 0.1) is 24.2 Å². The lowest BCUT2D eigenvalue weighted by Crippen LogP contribution is -2.36. The van der Waals surface area contributed by atoms with E-state index in [2.05, 4.69) is 58.0 Å². The molecule has 0 spiro atoms. The molecule has 2 nitrogen and oxygen atoms in total. The number of carbonyl (C=O) groups excluding carboxylic acids is 1. The first kappa shape index (κ1) is 32.8. The Morgan fingerprint density at radius 1 is 0.833 bits per heavy atom. The van der Waals surface area contributed by atoms with Crippen LogP contribution in [0.25, 0.3) is 11.1 Å². The van der Waals surface area contributed by atoms with Gasteiger partial charge >= 0.3 is 5.97 Å². The largest absolute Gasteiger partial charge is 0.427 e. The van der Waals surface area contributed by atoms with E-state index in [0.717, 1.165) is 24.7 Å². The van der Waals surface area contributed by atoms with Gasteiger partial charge in [-0.25, -0.2) is 0 Å². The topological polar surface area (TPSA) is 26.3 Å². The Balaban J connectivity index is 1.30. The van der Waals surface area contributed by atoms with Gasteiger partial charge in [-0.05, 0) is 116 Å². The van der Waals surface area contributed by atoms with Gasteiger partial charge in [0.2, 0.25) is 0 Å². The van der Waals surface area contributed by atoms with E-state index >= 15 is 0 Å². The van der Waals surface area contributed by atoms with Gasteiger partial charge < -0.3 is 4.74 Å². The summed E-state index contributed by atoms with van der Waals surface area (Å²) in [5.41, 5.74) is 5.96. The van der Waals surface area contributed by atoms with E-state index < -0.39 is 0 Å². The summed E-state index contributed by atoms with van der Waals surface area (Å²) in [4.78, 5) is 12.2. The number of hydrogen-bond acceptors (Lipinski definition) is 2. The molecule has 232 valence electrons. The first-order valence-corrected chi connectivity index (χ1v) is 17.9. The van der Waals surface area contributed by atoms with Gasteiger partial charge in [-0.1, -0.05) is 115 Å². The van der Waals surface area contributed by atoms with Crippen molar-refractivity contribution in [2.75, 3.05) is 0 Å². The van der Waals surface area contributed by atoms with Gasteiger partial charge in [0, 0.05) is 6.42 Å². The summed E-state index contributed by atoms with van der Waals surface area (Å²) in [6.07, 6.45) is 25.0. The number of unbranched alkanes of at least 4 members (excludes halogenated alkanes) is 6. The molecule has 1 atom stereocenters. The quantitative estimate of drug-likeness (QED) is 0.120. The normalized spacial score (nSPS) is 21.1. The molecule has 0 amide bonds. The average Bonchev–Trinajstić information content (AvgIpc) is 3.02. The zero-order valence-corrected chi connectivity index (χ0v) is 27.5. The fourth-order valence-electron chi connectivity index (χ4n) is 8.40. The van der Waals surface area contributed by atoms with Crippen LogP contribution in [0.2, 0.25) is 0 Å². The lowest BCUT2D eigenvalue weighted by molar-refractivity contribution is -0.134. The number of hydrogen-bond donors (Lipinski definition) is 0. The summed E-state index contributed by atoms with van der Waals surface area (Å²) in [5.74, 6) is 2.92. The third-order valence-corrected chi connectivity index (χ3v) is 11.1. The molecule has 2 saturated carbocycles. The predicted octanol–water partition coefficient (Wildman–Crippen LogP) is 12.4. The minimum absolute atomic E-state index is 0.117. The monoisotopic (exact) mass is 572 g/mol. The third kappa shape index (κ3) is 8.96. The molecule has 2 fully saturated rings. The van der Waals surface area contributed by atoms with Crippen molar-refractivity contribution in [1.29, 1.82) is 0 Å². The van der Waals surface area contributed by atoms with Crippen LogP contribution in [0.1, 0.15) is 160 Å². The van der Waals surface area contributed by atoms with E-state index in [4.69, 9.17) is 4.74 Å². The Labute approximate surface area is 258 Å². The van der Waals surface area contributed by atoms with Crippen LogP contribution in [0.3, 0.4) is 0 Å². The summed E-state index contributed by atoms with van der Waals surface area (Å²) in [7, 11) is 0. The molecule has 0 heterocycles. The number of ether oxygens (including phenoxy) is 1. The average molecular weight is 573 g/mol. The Hall–Kier alpha value is -2.09. The van der Waals surface area contributed by atoms with E-state index in [9.17, 15) is 4.79 Å². The molecule has 2 aromatic rings. The molecule has 0 saturated heterocycles. The second kappa shape index (κ2) is 16.7.